The van der Waals surface area contributed by atoms with Crippen LogP contribution >= 0.6 is 0 Å². The van der Waals surface area contributed by atoms with Crippen molar-refractivity contribution >= 4 is 14.3 Å². The third-order valence-electron chi connectivity index (χ3n) is 3.38. The van der Waals surface area contributed by atoms with E-state index in [9.17, 15) is 0 Å². The Morgan fingerprint density at radius 1 is 0.900 bits per heavy atom. The molecule has 0 atom stereocenters. The van der Waals surface area contributed by atoms with E-state index in [4.69, 9.17) is 0 Å². The summed E-state index contributed by atoms with van der Waals surface area (Å²) in [6, 6.07) is 6.65. The zero-order chi connectivity index (χ0) is 13.7. The van der Waals surface area contributed by atoms with Gasteiger partial charge < -0.3 is 24.8 Å². The van der Waals surface area contributed by atoms with E-state index >= 15 is 0 Å². The van der Waals surface area contributed by atoms with E-state index in [1.165, 1.54) is 50.2 Å². The number of hydrogen-bond acceptors (Lipinski definition) is 0. The molecule has 0 bridgehead atoms. The van der Waals surface area contributed by atoms with E-state index in [1.54, 1.807) is 0 Å². The fraction of sp³-hybridized carbons (Fsp3) is 0.500. The van der Waals surface area contributed by atoms with Crippen molar-refractivity contribution in [3.05, 3.63) is 29.3 Å². The van der Waals surface area contributed by atoms with Gasteiger partial charge in [0.05, 0.1) is 0 Å². The van der Waals surface area contributed by atoms with Crippen molar-refractivity contribution in [3.8, 4) is 0 Å². The molecule has 0 amide bonds. The summed E-state index contributed by atoms with van der Waals surface area (Å²) in [5.41, 5.74) is 4.62. The number of nitrogens with one attached hydrogen (secondary N) is 1. The summed E-state index contributed by atoms with van der Waals surface area (Å²) in [5, 5.41) is 1.45. The molecule has 0 saturated heterocycles. The second kappa shape index (κ2) is 6.55. The summed E-state index contributed by atoms with van der Waals surface area (Å²) in [4.78, 5) is 3.59. The van der Waals surface area contributed by atoms with Gasteiger partial charge in [-0.15, -0.1) is 0 Å². The molecule has 0 radical (unpaired) electrons. The molecule has 0 aliphatic carbocycles. The Labute approximate surface area is 150 Å². The first kappa shape index (κ1) is 20.2. The molecule has 1 aromatic heterocycles. The van der Waals surface area contributed by atoms with Crippen LogP contribution in [0.1, 0.15) is 52.7 Å². The minimum absolute atomic E-state index is 0. The number of hydrogen-bond donors (Lipinski definition) is 1. The molecular formula is C16H22Cl2NZr. The largest absolute Gasteiger partial charge is 1.00 e. The summed E-state index contributed by atoms with van der Waals surface area (Å²) in [6.45, 7) is 13.8. The van der Waals surface area contributed by atoms with Crippen LogP contribution in [-0.4, -0.2) is 4.98 Å². The van der Waals surface area contributed by atoms with Crippen LogP contribution in [0, 0.1) is 0 Å². The number of H-pyrrole nitrogens is 1. The standard InChI is InChI=1S/C16H22N.2ClH.Zr/c1-15(2,3)11-8-7-9-13-14(11)12(10-17-13)16(4,5)6;;;/h7-9,17H,1-6H3;2*1H;/q;;;+2/p-2. The number of halogens is 2. The monoisotopic (exact) mass is 388 g/mol. The first-order valence-electron chi connectivity index (χ1n) is 6.49. The number of rotatable bonds is 0. The van der Waals surface area contributed by atoms with E-state index < -0.39 is 0 Å². The predicted octanol–water partition coefficient (Wildman–Crippen LogP) is -2.06. The Balaban J connectivity index is 0.00000180. The molecule has 4 heteroatoms. The minimum atomic E-state index is 0. The Morgan fingerprint density at radius 3 is 1.90 bits per heavy atom. The zero-order valence-electron chi connectivity index (χ0n) is 13.0. The summed E-state index contributed by atoms with van der Waals surface area (Å²) < 4.78 is 1.39. The van der Waals surface area contributed by atoms with Crippen molar-refractivity contribution in [3.63, 3.8) is 0 Å². The summed E-state index contributed by atoms with van der Waals surface area (Å²) >= 11 is 1.47. The van der Waals surface area contributed by atoms with E-state index in [-0.39, 0.29) is 35.6 Å². The third-order valence-corrected chi connectivity index (χ3v) is 4.30. The fourth-order valence-corrected chi connectivity index (χ4v) is 4.18. The van der Waals surface area contributed by atoms with Crippen LogP contribution in [0.2, 0.25) is 0 Å². The molecule has 0 aliphatic heterocycles. The molecule has 2 rings (SSSR count). The van der Waals surface area contributed by atoms with E-state index in [2.05, 4.69) is 64.7 Å². The SMILES string of the molecule is CC(C)(C)c1cccc2[nH][c]([Zr+2])c(C(C)(C)C)c12.[Cl-].[Cl-]. The molecule has 1 heterocycles. The summed E-state index contributed by atoms with van der Waals surface area (Å²) in [5.74, 6) is 0. The van der Waals surface area contributed by atoms with Crippen LogP contribution in [0.3, 0.4) is 0 Å². The molecular weight excluding hydrogens is 368 g/mol. The normalized spacial score (nSPS) is 12.0. The zero-order valence-corrected chi connectivity index (χ0v) is 17.0. The van der Waals surface area contributed by atoms with Gasteiger partial charge in [0, 0.05) is 0 Å². The number of aromatic nitrogens is 1. The van der Waals surface area contributed by atoms with Crippen LogP contribution < -0.4 is 28.2 Å². The number of benzene rings is 1. The quantitative estimate of drug-likeness (QED) is 0.533. The van der Waals surface area contributed by atoms with Crippen LogP contribution in [0.5, 0.6) is 0 Å². The molecule has 0 unspecified atom stereocenters. The summed E-state index contributed by atoms with van der Waals surface area (Å²) in [7, 11) is 0. The molecule has 0 aliphatic rings. The molecule has 1 N–H and O–H groups in total. The van der Waals surface area contributed by atoms with Gasteiger partial charge >= 0.3 is 126 Å². The van der Waals surface area contributed by atoms with Crippen molar-refractivity contribution in [2.75, 3.05) is 0 Å². The first-order valence-corrected chi connectivity index (χ1v) is 7.72. The van der Waals surface area contributed by atoms with Gasteiger partial charge in [-0.1, -0.05) is 0 Å². The molecule has 109 valence electrons. The third kappa shape index (κ3) is 3.70. The van der Waals surface area contributed by atoms with Crippen molar-refractivity contribution in [2.24, 2.45) is 0 Å². The van der Waals surface area contributed by atoms with Crippen molar-refractivity contribution in [1.82, 2.24) is 4.98 Å². The fourth-order valence-electron chi connectivity index (χ4n) is 2.62. The maximum Gasteiger partial charge on any atom is -1.00 e. The van der Waals surface area contributed by atoms with Gasteiger partial charge in [-0.2, -0.15) is 0 Å². The number of aromatic amines is 1. The Kier molecular flexibility index (Phi) is 6.62. The minimum Gasteiger partial charge on any atom is -1.00 e. The van der Waals surface area contributed by atoms with Crippen LogP contribution in [-0.2, 0) is 35.5 Å². The van der Waals surface area contributed by atoms with E-state index in [1.807, 2.05) is 0 Å². The van der Waals surface area contributed by atoms with Gasteiger partial charge in [-0.25, -0.2) is 0 Å². The van der Waals surface area contributed by atoms with E-state index in [0.717, 1.165) is 0 Å². The van der Waals surface area contributed by atoms with Gasteiger partial charge in [0.2, 0.25) is 0 Å². The second-order valence-corrected chi connectivity index (χ2v) is 8.33. The summed E-state index contributed by atoms with van der Waals surface area (Å²) in [6.07, 6.45) is 0. The van der Waals surface area contributed by atoms with Gasteiger partial charge in [0.1, 0.15) is 0 Å². The predicted molar refractivity (Wildman–Crippen MR) is 75.3 cm³/mol. The molecule has 0 saturated carbocycles. The van der Waals surface area contributed by atoms with Crippen molar-refractivity contribution in [1.29, 1.82) is 0 Å². The maximum atomic E-state index is 3.59. The van der Waals surface area contributed by atoms with Crippen LogP contribution in [0.15, 0.2) is 18.2 Å². The second-order valence-electron chi connectivity index (χ2n) is 7.10. The topological polar surface area (TPSA) is 15.8 Å². The van der Waals surface area contributed by atoms with Crippen molar-refractivity contribution < 1.29 is 49.5 Å². The molecule has 1 aromatic carbocycles. The Bertz CT molecular complexity index is 589. The average molecular weight is 390 g/mol. The molecule has 20 heavy (non-hydrogen) atoms. The van der Waals surface area contributed by atoms with Crippen LogP contribution in [0.25, 0.3) is 10.9 Å². The van der Waals surface area contributed by atoms with E-state index in [0.29, 0.717) is 0 Å². The molecule has 0 spiro atoms. The smallest absolute Gasteiger partial charge is 1.00 e. The molecule has 0 fully saturated rings. The number of fused-ring (bicyclic) bond motifs is 1. The Hall–Kier alpha value is 0.223. The van der Waals surface area contributed by atoms with Gasteiger partial charge in [0.15, 0.2) is 0 Å². The first-order chi connectivity index (χ1) is 8.12. The Morgan fingerprint density at radius 2 is 1.45 bits per heavy atom. The van der Waals surface area contributed by atoms with Crippen LogP contribution in [0.4, 0.5) is 0 Å². The van der Waals surface area contributed by atoms with Gasteiger partial charge in [0.25, 0.3) is 0 Å². The molecule has 2 aromatic rings. The van der Waals surface area contributed by atoms with Gasteiger partial charge in [-0.3, -0.25) is 0 Å². The molecule has 1 nitrogen and oxygen atoms in total. The average Bonchev–Trinajstić information content (AvgIpc) is 2.50. The van der Waals surface area contributed by atoms with Gasteiger partial charge in [-0.05, 0) is 0 Å². The van der Waals surface area contributed by atoms with Crippen molar-refractivity contribution in [2.45, 2.75) is 52.4 Å². The maximum absolute atomic E-state index is 3.59.